The van der Waals surface area contributed by atoms with Crippen molar-refractivity contribution in [3.05, 3.63) is 81.0 Å². The number of benzene rings is 2. The van der Waals surface area contributed by atoms with Gasteiger partial charge in [-0.05, 0) is 27.6 Å². The second-order valence-corrected chi connectivity index (χ2v) is 6.75. The van der Waals surface area contributed by atoms with Gasteiger partial charge in [-0.3, -0.25) is 9.95 Å². The fourth-order valence-corrected chi connectivity index (χ4v) is 3.17. The Balaban J connectivity index is 1.59. The monoisotopic (exact) mass is 398 g/mol. The van der Waals surface area contributed by atoms with Gasteiger partial charge < -0.3 is 0 Å². The summed E-state index contributed by atoms with van der Waals surface area (Å²) in [7, 11) is 0. The molecule has 0 amide bonds. The van der Waals surface area contributed by atoms with Gasteiger partial charge in [0.25, 0.3) is 0 Å². The van der Waals surface area contributed by atoms with E-state index >= 15 is 0 Å². The SMILES string of the molecule is O=c1o[nH][n+](-c2ccc(Cl)cc2)c1-c1csc(N/N=C/c2ccccc2)n1. The Bertz CT molecular complexity index is 1130. The highest BCUT2D eigenvalue weighted by atomic mass is 35.5. The summed E-state index contributed by atoms with van der Waals surface area (Å²) in [6, 6.07) is 16.7. The summed E-state index contributed by atoms with van der Waals surface area (Å²) in [5.74, 6) is 0. The smallest absolute Gasteiger partial charge is 0.282 e. The lowest BCUT2D eigenvalue weighted by molar-refractivity contribution is -0.660. The molecule has 2 aromatic heterocycles. The molecule has 0 aliphatic carbocycles. The summed E-state index contributed by atoms with van der Waals surface area (Å²) in [6.07, 6.45) is 1.69. The standard InChI is InChI=1S/C18H12ClN5O2S/c19-13-6-8-14(9-7-13)24-16(17(25)26-23-24)15-11-27-18(21-15)22-20-10-12-4-2-1-3-5-12/h1-11H,(H-,21,22,23,25)/p+1/b20-10+. The maximum Gasteiger partial charge on any atom is 0.437 e. The molecule has 2 heterocycles. The Hall–Kier alpha value is -3.23. The number of thiazole rings is 1. The van der Waals surface area contributed by atoms with Gasteiger partial charge in [0.2, 0.25) is 10.8 Å². The normalized spacial score (nSPS) is 11.1. The van der Waals surface area contributed by atoms with Crippen LogP contribution < -0.4 is 15.7 Å². The summed E-state index contributed by atoms with van der Waals surface area (Å²) < 4.78 is 6.47. The van der Waals surface area contributed by atoms with Gasteiger partial charge in [0, 0.05) is 22.5 Å². The molecule has 134 valence electrons. The summed E-state index contributed by atoms with van der Waals surface area (Å²) in [6.45, 7) is 0. The molecular formula is C18H13ClN5O2S+. The lowest BCUT2D eigenvalue weighted by atomic mass is 10.2. The van der Waals surface area contributed by atoms with E-state index in [9.17, 15) is 4.79 Å². The van der Waals surface area contributed by atoms with Crippen LogP contribution in [-0.4, -0.2) is 16.5 Å². The zero-order valence-electron chi connectivity index (χ0n) is 13.8. The minimum Gasteiger partial charge on any atom is -0.282 e. The van der Waals surface area contributed by atoms with Crippen molar-refractivity contribution in [2.75, 3.05) is 5.43 Å². The molecule has 0 spiro atoms. The topological polar surface area (TPSA) is 87.2 Å². The van der Waals surface area contributed by atoms with E-state index in [0.717, 1.165) is 5.56 Å². The average Bonchev–Trinajstić information content (AvgIpc) is 3.30. The number of H-pyrrole nitrogens is 1. The molecule has 2 aromatic carbocycles. The predicted octanol–water partition coefficient (Wildman–Crippen LogP) is 3.47. The quantitative estimate of drug-likeness (QED) is 0.306. The molecule has 0 saturated carbocycles. The van der Waals surface area contributed by atoms with Crippen LogP contribution in [0.5, 0.6) is 0 Å². The Kier molecular flexibility index (Phi) is 4.82. The molecular weight excluding hydrogens is 386 g/mol. The highest BCUT2D eigenvalue weighted by Crippen LogP contribution is 2.21. The summed E-state index contributed by atoms with van der Waals surface area (Å²) in [5.41, 5.74) is 4.78. The second-order valence-electron chi connectivity index (χ2n) is 5.46. The number of hydrogen-bond donors (Lipinski definition) is 2. The predicted molar refractivity (Wildman–Crippen MR) is 105 cm³/mol. The lowest BCUT2D eigenvalue weighted by Gasteiger charge is -1.94. The van der Waals surface area contributed by atoms with E-state index in [-0.39, 0.29) is 5.69 Å². The van der Waals surface area contributed by atoms with Crippen LogP contribution >= 0.6 is 22.9 Å². The molecule has 4 rings (SSSR count). The maximum absolute atomic E-state index is 12.2. The number of rotatable bonds is 5. The first kappa shape index (κ1) is 17.2. The van der Waals surface area contributed by atoms with Gasteiger partial charge in [0.1, 0.15) is 0 Å². The molecule has 2 N–H and O–H groups in total. The van der Waals surface area contributed by atoms with Crippen molar-refractivity contribution in [1.82, 2.24) is 10.3 Å². The maximum atomic E-state index is 12.2. The first-order chi connectivity index (χ1) is 13.2. The molecule has 0 bridgehead atoms. The van der Waals surface area contributed by atoms with E-state index in [1.807, 2.05) is 30.3 Å². The van der Waals surface area contributed by atoms with Crippen LogP contribution in [0.4, 0.5) is 5.13 Å². The van der Waals surface area contributed by atoms with Gasteiger partial charge >= 0.3 is 11.3 Å². The van der Waals surface area contributed by atoms with E-state index < -0.39 is 5.63 Å². The Morgan fingerprint density at radius 1 is 1.19 bits per heavy atom. The van der Waals surface area contributed by atoms with E-state index in [1.54, 1.807) is 35.9 Å². The number of aromatic amines is 1. The van der Waals surface area contributed by atoms with Crippen molar-refractivity contribution in [2.24, 2.45) is 5.10 Å². The molecule has 0 unspecified atom stereocenters. The van der Waals surface area contributed by atoms with Crippen molar-refractivity contribution in [2.45, 2.75) is 0 Å². The fraction of sp³-hybridized carbons (Fsp3) is 0. The highest BCUT2D eigenvalue weighted by molar-refractivity contribution is 7.14. The minimum atomic E-state index is -0.519. The molecule has 0 saturated heterocycles. The Morgan fingerprint density at radius 2 is 1.96 bits per heavy atom. The third-order valence-electron chi connectivity index (χ3n) is 3.65. The zero-order chi connectivity index (χ0) is 18.6. The summed E-state index contributed by atoms with van der Waals surface area (Å²) in [5, 5.41) is 9.66. The Labute approximate surface area is 162 Å². The summed E-state index contributed by atoms with van der Waals surface area (Å²) in [4.78, 5) is 16.6. The number of halogens is 1. The molecule has 27 heavy (non-hydrogen) atoms. The molecule has 0 aliphatic heterocycles. The van der Waals surface area contributed by atoms with Crippen LogP contribution in [-0.2, 0) is 0 Å². The number of nitrogens with zero attached hydrogens (tertiary/aromatic N) is 3. The van der Waals surface area contributed by atoms with Crippen molar-refractivity contribution >= 4 is 34.3 Å². The molecule has 0 atom stereocenters. The van der Waals surface area contributed by atoms with Crippen molar-refractivity contribution in [3.63, 3.8) is 0 Å². The number of hydrogen-bond acceptors (Lipinski definition) is 6. The molecule has 0 fully saturated rings. The van der Waals surface area contributed by atoms with E-state index in [2.05, 4.69) is 20.8 Å². The summed E-state index contributed by atoms with van der Waals surface area (Å²) >= 11 is 7.25. The first-order valence-corrected chi connectivity index (χ1v) is 9.16. The van der Waals surface area contributed by atoms with Gasteiger partial charge in [0.15, 0.2) is 5.69 Å². The van der Waals surface area contributed by atoms with Gasteiger partial charge in [-0.2, -0.15) is 5.10 Å². The van der Waals surface area contributed by atoms with Crippen LogP contribution in [0.15, 0.2) is 74.4 Å². The second kappa shape index (κ2) is 7.56. The van der Waals surface area contributed by atoms with Crippen LogP contribution in [0.1, 0.15) is 5.56 Å². The van der Waals surface area contributed by atoms with Crippen LogP contribution in [0.2, 0.25) is 5.02 Å². The van der Waals surface area contributed by atoms with E-state index in [0.29, 0.717) is 21.5 Å². The number of hydrazone groups is 1. The van der Waals surface area contributed by atoms with E-state index in [4.69, 9.17) is 16.1 Å². The van der Waals surface area contributed by atoms with Gasteiger partial charge in [0.05, 0.1) is 6.21 Å². The fourth-order valence-electron chi connectivity index (χ4n) is 2.40. The lowest BCUT2D eigenvalue weighted by Crippen LogP contribution is -2.36. The largest absolute Gasteiger partial charge is 0.437 e. The number of aromatic nitrogens is 3. The zero-order valence-corrected chi connectivity index (χ0v) is 15.4. The van der Waals surface area contributed by atoms with Gasteiger partial charge in [-0.1, -0.05) is 41.9 Å². The van der Waals surface area contributed by atoms with Crippen molar-refractivity contribution < 1.29 is 9.20 Å². The molecule has 0 aliphatic rings. The third kappa shape index (κ3) is 3.81. The minimum absolute atomic E-state index is 0.286. The van der Waals surface area contributed by atoms with Crippen LogP contribution in [0.3, 0.4) is 0 Å². The van der Waals surface area contributed by atoms with Crippen LogP contribution in [0, 0.1) is 0 Å². The molecule has 4 aromatic rings. The van der Waals surface area contributed by atoms with Gasteiger partial charge in [-0.25, -0.2) is 9.78 Å². The molecule has 0 radical (unpaired) electrons. The highest BCUT2D eigenvalue weighted by Gasteiger charge is 2.27. The molecule has 7 nitrogen and oxygen atoms in total. The van der Waals surface area contributed by atoms with Crippen LogP contribution in [0.25, 0.3) is 17.1 Å². The third-order valence-corrected chi connectivity index (χ3v) is 4.65. The van der Waals surface area contributed by atoms with Crippen molar-refractivity contribution in [3.8, 4) is 17.1 Å². The number of anilines is 1. The average molecular weight is 399 g/mol. The first-order valence-electron chi connectivity index (χ1n) is 7.90. The number of nitrogens with one attached hydrogen (secondary N) is 2. The van der Waals surface area contributed by atoms with E-state index in [1.165, 1.54) is 16.0 Å². The molecule has 9 heteroatoms. The van der Waals surface area contributed by atoms with Gasteiger partial charge in [-0.15, -0.1) is 11.3 Å². The Morgan fingerprint density at radius 3 is 2.74 bits per heavy atom. The van der Waals surface area contributed by atoms with Crippen molar-refractivity contribution in [1.29, 1.82) is 0 Å².